The summed E-state index contributed by atoms with van der Waals surface area (Å²) in [6.45, 7) is 2.21. The van der Waals surface area contributed by atoms with Gasteiger partial charge in [0, 0.05) is 18.2 Å². The number of carboxylic acid groups (broad SMARTS) is 1. The first-order chi connectivity index (χ1) is 8.15. The molecule has 0 radical (unpaired) electrons. The molecule has 17 heavy (non-hydrogen) atoms. The van der Waals surface area contributed by atoms with Crippen molar-refractivity contribution in [2.24, 2.45) is 5.92 Å². The molecule has 2 N–H and O–H groups in total. The van der Waals surface area contributed by atoms with Crippen molar-refractivity contribution in [3.63, 3.8) is 0 Å². The average molecular weight is 233 g/mol. The van der Waals surface area contributed by atoms with Crippen LogP contribution in [0, 0.1) is 5.92 Å². The fourth-order valence-electron chi connectivity index (χ4n) is 2.04. The van der Waals surface area contributed by atoms with E-state index in [2.05, 4.69) is 18.3 Å². The molecule has 92 valence electrons. The van der Waals surface area contributed by atoms with Crippen LogP contribution >= 0.6 is 0 Å². The van der Waals surface area contributed by atoms with Crippen LogP contribution in [0.1, 0.15) is 31.7 Å². The maximum Gasteiger partial charge on any atom is 0.303 e. The highest BCUT2D eigenvalue weighted by molar-refractivity contribution is 5.67. The van der Waals surface area contributed by atoms with E-state index in [9.17, 15) is 4.79 Å². The van der Waals surface area contributed by atoms with Crippen LogP contribution in [0.2, 0.25) is 0 Å². The van der Waals surface area contributed by atoms with Crippen LogP contribution in [0.4, 0.5) is 5.69 Å². The van der Waals surface area contributed by atoms with Gasteiger partial charge in [-0.3, -0.25) is 4.79 Å². The zero-order valence-electron chi connectivity index (χ0n) is 10.1. The molecule has 0 bridgehead atoms. The fraction of sp³-hybridized carbons (Fsp3) is 0.500. The van der Waals surface area contributed by atoms with Gasteiger partial charge in [-0.25, -0.2) is 0 Å². The molecule has 1 aromatic rings. The molecule has 1 aliphatic carbocycles. The molecular formula is C14H19NO2. The first kappa shape index (κ1) is 12.0. The number of aliphatic carboxylic acids is 1. The lowest BCUT2D eigenvalue weighted by Crippen LogP contribution is -2.17. The summed E-state index contributed by atoms with van der Waals surface area (Å²) in [5, 5.41) is 12.1. The quantitative estimate of drug-likeness (QED) is 0.794. The van der Waals surface area contributed by atoms with Gasteiger partial charge in [0.1, 0.15) is 0 Å². The summed E-state index contributed by atoms with van der Waals surface area (Å²) in [7, 11) is 0. The van der Waals surface area contributed by atoms with Gasteiger partial charge < -0.3 is 10.4 Å². The van der Waals surface area contributed by atoms with Gasteiger partial charge in [0.05, 0.1) is 0 Å². The number of carboxylic acids is 1. The zero-order chi connectivity index (χ0) is 12.3. The van der Waals surface area contributed by atoms with Gasteiger partial charge in [0.25, 0.3) is 0 Å². The molecule has 0 spiro atoms. The van der Waals surface area contributed by atoms with Crippen molar-refractivity contribution in [2.45, 2.75) is 38.6 Å². The Morgan fingerprint density at radius 3 is 2.94 bits per heavy atom. The largest absolute Gasteiger partial charge is 0.481 e. The predicted octanol–water partition coefficient (Wildman–Crippen LogP) is 2.91. The van der Waals surface area contributed by atoms with Crippen molar-refractivity contribution in [2.75, 3.05) is 5.32 Å². The van der Waals surface area contributed by atoms with E-state index in [4.69, 9.17) is 5.11 Å². The number of hydrogen-bond acceptors (Lipinski definition) is 2. The van der Waals surface area contributed by atoms with Gasteiger partial charge >= 0.3 is 5.97 Å². The topological polar surface area (TPSA) is 49.3 Å². The number of carbonyl (C=O) groups is 1. The molecule has 1 saturated carbocycles. The number of nitrogens with one attached hydrogen (secondary N) is 1. The Hall–Kier alpha value is -1.51. The predicted molar refractivity (Wildman–Crippen MR) is 68.2 cm³/mol. The van der Waals surface area contributed by atoms with E-state index in [-0.39, 0.29) is 6.42 Å². The molecule has 1 aromatic carbocycles. The molecule has 0 saturated heterocycles. The molecule has 1 fully saturated rings. The summed E-state index contributed by atoms with van der Waals surface area (Å²) in [6.07, 6.45) is 3.45. The second-order valence-electron chi connectivity index (χ2n) is 4.86. The molecule has 1 aliphatic rings. The lowest BCUT2D eigenvalue weighted by molar-refractivity contribution is -0.136. The lowest BCUT2D eigenvalue weighted by Gasteiger charge is -2.15. The summed E-state index contributed by atoms with van der Waals surface area (Å²) in [5.41, 5.74) is 2.19. The van der Waals surface area contributed by atoms with Crippen LogP contribution in [-0.4, -0.2) is 17.1 Å². The van der Waals surface area contributed by atoms with Crippen molar-refractivity contribution < 1.29 is 9.90 Å². The van der Waals surface area contributed by atoms with Gasteiger partial charge in [-0.2, -0.15) is 0 Å². The summed E-state index contributed by atoms with van der Waals surface area (Å²) in [5.74, 6) is 0.0763. The van der Waals surface area contributed by atoms with Gasteiger partial charge in [-0.15, -0.1) is 0 Å². The van der Waals surface area contributed by atoms with E-state index >= 15 is 0 Å². The molecule has 3 heteroatoms. The van der Waals surface area contributed by atoms with E-state index in [1.807, 2.05) is 18.2 Å². The number of rotatable bonds is 6. The first-order valence-electron chi connectivity index (χ1n) is 6.22. The Kier molecular flexibility index (Phi) is 3.67. The highest BCUT2D eigenvalue weighted by Crippen LogP contribution is 2.34. The molecule has 0 amide bonds. The third-order valence-corrected chi connectivity index (χ3v) is 3.28. The molecule has 1 atom stereocenters. The molecule has 0 aromatic heterocycles. The zero-order valence-corrected chi connectivity index (χ0v) is 10.1. The number of hydrogen-bond donors (Lipinski definition) is 2. The second kappa shape index (κ2) is 5.21. The van der Waals surface area contributed by atoms with Gasteiger partial charge in [0.15, 0.2) is 0 Å². The van der Waals surface area contributed by atoms with Gasteiger partial charge in [0.2, 0.25) is 0 Å². The number of benzene rings is 1. The molecule has 1 unspecified atom stereocenters. The van der Waals surface area contributed by atoms with Crippen LogP contribution in [0.15, 0.2) is 24.3 Å². The van der Waals surface area contributed by atoms with Gasteiger partial charge in [-0.05, 0) is 49.8 Å². The number of aryl methyl sites for hydroxylation is 1. The smallest absolute Gasteiger partial charge is 0.303 e. The Labute approximate surface area is 102 Å². The minimum absolute atomic E-state index is 0.196. The minimum atomic E-state index is -0.741. The third kappa shape index (κ3) is 3.77. The highest BCUT2D eigenvalue weighted by Gasteiger charge is 2.27. The van der Waals surface area contributed by atoms with Crippen LogP contribution in [0.3, 0.4) is 0 Å². The van der Waals surface area contributed by atoms with Crippen molar-refractivity contribution in [3.05, 3.63) is 29.8 Å². The summed E-state index contributed by atoms with van der Waals surface area (Å²) in [4.78, 5) is 10.5. The normalized spacial score (nSPS) is 16.5. The van der Waals surface area contributed by atoms with E-state index in [0.29, 0.717) is 12.5 Å². The number of anilines is 1. The summed E-state index contributed by atoms with van der Waals surface area (Å²) < 4.78 is 0. The van der Waals surface area contributed by atoms with Crippen LogP contribution in [0.25, 0.3) is 0 Å². The minimum Gasteiger partial charge on any atom is -0.481 e. The average Bonchev–Trinajstić information content (AvgIpc) is 3.10. The first-order valence-corrected chi connectivity index (χ1v) is 6.22. The SMILES string of the molecule is CC(Nc1cccc(CCC(=O)O)c1)C1CC1. The second-order valence-corrected chi connectivity index (χ2v) is 4.86. The Morgan fingerprint density at radius 2 is 2.29 bits per heavy atom. The van der Waals surface area contributed by atoms with E-state index < -0.39 is 5.97 Å². The maximum atomic E-state index is 10.5. The van der Waals surface area contributed by atoms with Crippen molar-refractivity contribution in [3.8, 4) is 0 Å². The Bertz CT molecular complexity index is 399. The fourth-order valence-corrected chi connectivity index (χ4v) is 2.04. The molecular weight excluding hydrogens is 214 g/mol. The Balaban J connectivity index is 1.93. The maximum absolute atomic E-state index is 10.5. The van der Waals surface area contributed by atoms with Crippen molar-refractivity contribution in [1.29, 1.82) is 0 Å². The summed E-state index contributed by atoms with van der Waals surface area (Å²) in [6, 6.07) is 8.59. The van der Waals surface area contributed by atoms with E-state index in [0.717, 1.165) is 17.2 Å². The standard InChI is InChI=1S/C14H19NO2/c1-10(12-6-7-12)15-13-4-2-3-11(9-13)5-8-14(16)17/h2-4,9-10,12,15H,5-8H2,1H3,(H,16,17). The van der Waals surface area contributed by atoms with Crippen molar-refractivity contribution in [1.82, 2.24) is 0 Å². The van der Waals surface area contributed by atoms with Crippen LogP contribution in [0.5, 0.6) is 0 Å². The third-order valence-electron chi connectivity index (χ3n) is 3.28. The molecule has 0 aliphatic heterocycles. The van der Waals surface area contributed by atoms with Gasteiger partial charge in [-0.1, -0.05) is 12.1 Å². The Morgan fingerprint density at radius 1 is 1.53 bits per heavy atom. The van der Waals surface area contributed by atoms with E-state index in [1.165, 1.54) is 12.8 Å². The highest BCUT2D eigenvalue weighted by atomic mass is 16.4. The van der Waals surface area contributed by atoms with E-state index in [1.54, 1.807) is 0 Å². The molecule has 3 nitrogen and oxygen atoms in total. The molecule has 0 heterocycles. The van der Waals surface area contributed by atoms with Crippen LogP contribution < -0.4 is 5.32 Å². The van der Waals surface area contributed by atoms with Crippen molar-refractivity contribution >= 4 is 11.7 Å². The summed E-state index contributed by atoms with van der Waals surface area (Å²) >= 11 is 0. The lowest BCUT2D eigenvalue weighted by atomic mass is 10.1. The monoisotopic (exact) mass is 233 g/mol. The van der Waals surface area contributed by atoms with Crippen LogP contribution in [-0.2, 0) is 11.2 Å². The molecule has 2 rings (SSSR count).